The van der Waals surface area contributed by atoms with E-state index < -0.39 is 23.3 Å². The first kappa shape index (κ1) is 25.1. The fourth-order valence-electron chi connectivity index (χ4n) is 6.19. The largest absolute Gasteiger partial charge is 0.507 e. The Bertz CT molecular complexity index is 755. The maximum atomic E-state index is 13.9. The number of carbonyl (C=O) groups is 1. The zero-order valence-electron chi connectivity index (χ0n) is 19.6. The Morgan fingerprint density at radius 1 is 0.938 bits per heavy atom. The van der Waals surface area contributed by atoms with Gasteiger partial charge in [-0.05, 0) is 73.8 Å². The van der Waals surface area contributed by atoms with Gasteiger partial charge in [-0.15, -0.1) is 0 Å². The van der Waals surface area contributed by atoms with Gasteiger partial charge in [-0.25, -0.2) is 0 Å². The first-order valence-electron chi connectivity index (χ1n) is 12.7. The van der Waals surface area contributed by atoms with Crippen molar-refractivity contribution in [1.29, 1.82) is 0 Å². The smallest absolute Gasteiger partial charge is 0.420 e. The number of phenols is 1. The molecule has 0 spiro atoms. The van der Waals surface area contributed by atoms with E-state index in [0.29, 0.717) is 5.92 Å². The van der Waals surface area contributed by atoms with Crippen LogP contribution < -0.4 is 0 Å². The third-order valence-electron chi connectivity index (χ3n) is 8.10. The Balaban J connectivity index is 1.63. The van der Waals surface area contributed by atoms with E-state index in [4.69, 9.17) is 0 Å². The summed E-state index contributed by atoms with van der Waals surface area (Å²) in [5.41, 5.74) is -1.04. The van der Waals surface area contributed by atoms with Crippen molar-refractivity contribution in [3.8, 4) is 5.75 Å². The lowest BCUT2D eigenvalue weighted by molar-refractivity contribution is -0.139. The first-order valence-corrected chi connectivity index (χ1v) is 12.7. The number of benzene rings is 1. The predicted octanol–water partition coefficient (Wildman–Crippen LogP) is 8.66. The molecule has 2 aliphatic carbocycles. The minimum atomic E-state index is -4.67. The van der Waals surface area contributed by atoms with Crippen LogP contribution >= 0.6 is 0 Å². The van der Waals surface area contributed by atoms with Crippen LogP contribution in [0.25, 0.3) is 0 Å². The molecule has 0 radical (unpaired) electrons. The van der Waals surface area contributed by atoms with Crippen LogP contribution in [0.5, 0.6) is 5.75 Å². The van der Waals surface area contributed by atoms with E-state index in [9.17, 15) is 23.1 Å². The Labute approximate surface area is 191 Å². The third kappa shape index (κ3) is 5.88. The van der Waals surface area contributed by atoms with E-state index in [1.807, 2.05) is 0 Å². The number of hydrogen-bond donors (Lipinski definition) is 1. The molecule has 2 aliphatic rings. The number of unbranched alkanes of at least 4 members (excludes halogenated alkanes) is 2. The molecule has 1 aromatic rings. The Kier molecular flexibility index (Phi) is 8.68. The van der Waals surface area contributed by atoms with Gasteiger partial charge in [0.2, 0.25) is 0 Å². The number of aromatic hydroxyl groups is 1. The zero-order chi connectivity index (χ0) is 23.3. The standard InChI is InChI=1S/C27H39F3O2/c1-3-5-6-7-18-8-10-19(11-9-18)20-12-14-21(15-13-20)22-16-17-23(24(31)4-2)26(32)25(22)27(28,29)30/h16-21,32H,3-15H2,1-2H3. The van der Waals surface area contributed by atoms with Crippen molar-refractivity contribution < 1.29 is 23.1 Å². The molecule has 0 amide bonds. The molecule has 32 heavy (non-hydrogen) atoms. The monoisotopic (exact) mass is 452 g/mol. The highest BCUT2D eigenvalue weighted by Crippen LogP contribution is 2.49. The highest BCUT2D eigenvalue weighted by Gasteiger charge is 2.41. The molecular formula is C27H39F3O2. The molecule has 180 valence electrons. The third-order valence-corrected chi connectivity index (χ3v) is 8.10. The molecule has 0 heterocycles. The molecule has 0 aromatic heterocycles. The molecule has 2 nitrogen and oxygen atoms in total. The van der Waals surface area contributed by atoms with E-state index in [-0.39, 0.29) is 23.5 Å². The van der Waals surface area contributed by atoms with E-state index in [2.05, 4.69) is 6.92 Å². The van der Waals surface area contributed by atoms with Gasteiger partial charge in [-0.3, -0.25) is 4.79 Å². The minimum absolute atomic E-state index is 0.0656. The second-order valence-corrected chi connectivity index (χ2v) is 10.1. The molecular weight excluding hydrogens is 413 g/mol. The predicted molar refractivity (Wildman–Crippen MR) is 122 cm³/mol. The van der Waals surface area contributed by atoms with Gasteiger partial charge in [0.05, 0.1) is 5.56 Å². The topological polar surface area (TPSA) is 37.3 Å². The number of carbonyl (C=O) groups excluding carboxylic acids is 1. The molecule has 5 heteroatoms. The molecule has 2 saturated carbocycles. The zero-order valence-corrected chi connectivity index (χ0v) is 19.6. The van der Waals surface area contributed by atoms with E-state index >= 15 is 0 Å². The number of halogens is 3. The summed E-state index contributed by atoms with van der Waals surface area (Å²) in [4.78, 5) is 12.0. The van der Waals surface area contributed by atoms with Gasteiger partial charge in [-0.2, -0.15) is 13.2 Å². The van der Waals surface area contributed by atoms with E-state index in [0.717, 1.165) is 37.5 Å². The summed E-state index contributed by atoms with van der Waals surface area (Å²) in [5.74, 6) is 0.657. The minimum Gasteiger partial charge on any atom is -0.507 e. The van der Waals surface area contributed by atoms with Gasteiger partial charge in [0.15, 0.2) is 5.78 Å². The molecule has 3 rings (SSSR count). The van der Waals surface area contributed by atoms with Gasteiger partial charge in [0.25, 0.3) is 0 Å². The van der Waals surface area contributed by atoms with Crippen molar-refractivity contribution in [1.82, 2.24) is 0 Å². The van der Waals surface area contributed by atoms with Gasteiger partial charge in [0, 0.05) is 6.42 Å². The van der Waals surface area contributed by atoms with E-state index in [1.165, 1.54) is 63.5 Å². The number of phenolic OH excluding ortho intramolecular Hbond substituents is 1. The van der Waals surface area contributed by atoms with Crippen molar-refractivity contribution in [3.63, 3.8) is 0 Å². The second kappa shape index (κ2) is 11.1. The number of alkyl halides is 3. The molecule has 0 aliphatic heterocycles. The average molecular weight is 453 g/mol. The molecule has 1 aromatic carbocycles. The summed E-state index contributed by atoms with van der Waals surface area (Å²) in [6, 6.07) is 2.83. The van der Waals surface area contributed by atoms with Crippen LogP contribution in [0.1, 0.15) is 125 Å². The van der Waals surface area contributed by atoms with Gasteiger partial charge in [-0.1, -0.05) is 58.4 Å². The number of hydrogen-bond acceptors (Lipinski definition) is 2. The fourth-order valence-corrected chi connectivity index (χ4v) is 6.19. The van der Waals surface area contributed by atoms with Crippen LogP contribution in [0.3, 0.4) is 0 Å². The number of rotatable bonds is 8. The summed E-state index contributed by atoms with van der Waals surface area (Å²) in [6.07, 6.45) is 9.23. The van der Waals surface area contributed by atoms with Crippen LogP contribution in [0.4, 0.5) is 13.2 Å². The van der Waals surface area contributed by atoms with Crippen LogP contribution in [-0.4, -0.2) is 10.9 Å². The molecule has 0 saturated heterocycles. The van der Waals surface area contributed by atoms with Crippen molar-refractivity contribution in [2.24, 2.45) is 17.8 Å². The van der Waals surface area contributed by atoms with Crippen LogP contribution in [0.2, 0.25) is 0 Å². The van der Waals surface area contributed by atoms with Gasteiger partial charge in [0.1, 0.15) is 11.3 Å². The lowest BCUT2D eigenvalue weighted by Crippen LogP contribution is -2.26. The van der Waals surface area contributed by atoms with Crippen molar-refractivity contribution in [2.45, 2.75) is 109 Å². The Morgan fingerprint density at radius 3 is 2.06 bits per heavy atom. The highest BCUT2D eigenvalue weighted by atomic mass is 19.4. The van der Waals surface area contributed by atoms with Crippen molar-refractivity contribution >= 4 is 5.78 Å². The average Bonchev–Trinajstić information content (AvgIpc) is 2.78. The van der Waals surface area contributed by atoms with Crippen LogP contribution in [-0.2, 0) is 6.18 Å². The lowest BCUT2D eigenvalue weighted by Gasteiger charge is -2.38. The number of ketones is 1. The molecule has 0 unspecified atom stereocenters. The quantitative estimate of drug-likeness (QED) is 0.316. The maximum Gasteiger partial charge on any atom is 0.420 e. The normalized spacial score (nSPS) is 26.8. The SMILES string of the molecule is CCCCCC1CCC(C2CCC(c3ccc(C(=O)CC)c(O)c3C(F)(F)F)CC2)CC1. The Morgan fingerprint density at radius 2 is 1.53 bits per heavy atom. The van der Waals surface area contributed by atoms with Crippen molar-refractivity contribution in [3.05, 3.63) is 28.8 Å². The molecule has 0 bridgehead atoms. The Hall–Kier alpha value is -1.52. The fraction of sp³-hybridized carbons (Fsp3) is 0.741. The van der Waals surface area contributed by atoms with Crippen LogP contribution in [0, 0.1) is 17.8 Å². The van der Waals surface area contributed by atoms with Crippen molar-refractivity contribution in [2.75, 3.05) is 0 Å². The summed E-state index contributed by atoms with van der Waals surface area (Å²) in [5, 5.41) is 10.4. The van der Waals surface area contributed by atoms with Gasteiger partial charge < -0.3 is 5.11 Å². The van der Waals surface area contributed by atoms with E-state index in [1.54, 1.807) is 6.92 Å². The molecule has 0 atom stereocenters. The summed E-state index contributed by atoms with van der Waals surface area (Å²) in [7, 11) is 0. The second-order valence-electron chi connectivity index (χ2n) is 10.1. The summed E-state index contributed by atoms with van der Waals surface area (Å²) >= 11 is 0. The van der Waals surface area contributed by atoms with Gasteiger partial charge >= 0.3 is 6.18 Å². The summed E-state index contributed by atoms with van der Waals surface area (Å²) in [6.45, 7) is 3.83. The van der Waals surface area contributed by atoms with Crippen LogP contribution in [0.15, 0.2) is 12.1 Å². The molecule has 1 N–H and O–H groups in total. The first-order chi connectivity index (χ1) is 15.3. The maximum absolute atomic E-state index is 13.9. The highest BCUT2D eigenvalue weighted by molar-refractivity contribution is 5.99. The number of Topliss-reactive ketones (excluding diaryl/α,β-unsaturated/α-hetero) is 1. The molecule has 2 fully saturated rings. The summed E-state index contributed by atoms with van der Waals surface area (Å²) < 4.78 is 41.6. The lowest BCUT2D eigenvalue weighted by atomic mass is 9.67.